The third-order valence-electron chi connectivity index (χ3n) is 4.07. The molecule has 0 heterocycles. The maximum Gasteiger partial charge on any atom is 0.335 e. The summed E-state index contributed by atoms with van der Waals surface area (Å²) in [6.45, 7) is 5.94. The Hall–Kier alpha value is -1.51. The van der Waals surface area contributed by atoms with Crippen LogP contribution in [0.4, 0.5) is 5.69 Å². The van der Waals surface area contributed by atoms with E-state index >= 15 is 0 Å². The number of benzene rings is 1. The summed E-state index contributed by atoms with van der Waals surface area (Å²) in [5, 5.41) is 9.23. The highest BCUT2D eigenvalue weighted by Crippen LogP contribution is 2.26. The van der Waals surface area contributed by atoms with Gasteiger partial charge in [-0.05, 0) is 49.4 Å². The number of aryl methyl sites for hydroxylation is 1. The number of aromatic carboxylic acids is 1. The van der Waals surface area contributed by atoms with Crippen LogP contribution in [0.5, 0.6) is 0 Å². The summed E-state index contributed by atoms with van der Waals surface area (Å²) >= 11 is 0. The predicted octanol–water partition coefficient (Wildman–Crippen LogP) is 4.49. The molecule has 20 heavy (non-hydrogen) atoms. The first-order valence-corrected chi connectivity index (χ1v) is 7.60. The van der Waals surface area contributed by atoms with Crippen molar-refractivity contribution in [2.45, 2.75) is 65.7 Å². The molecule has 3 nitrogen and oxygen atoms in total. The van der Waals surface area contributed by atoms with Crippen LogP contribution in [-0.2, 0) is 6.42 Å². The zero-order chi connectivity index (χ0) is 15.1. The van der Waals surface area contributed by atoms with Gasteiger partial charge in [-0.2, -0.15) is 0 Å². The lowest BCUT2D eigenvalue weighted by molar-refractivity contribution is 0.0696. The van der Waals surface area contributed by atoms with Gasteiger partial charge in [0.25, 0.3) is 0 Å². The summed E-state index contributed by atoms with van der Waals surface area (Å²) in [5.41, 5.74) is 9.95. The Labute approximate surface area is 122 Å². The molecule has 112 valence electrons. The van der Waals surface area contributed by atoms with Crippen LogP contribution in [-0.4, -0.2) is 11.1 Å². The van der Waals surface area contributed by atoms with E-state index in [1.807, 2.05) is 13.8 Å². The number of hydrogen-bond donors (Lipinski definition) is 2. The quantitative estimate of drug-likeness (QED) is 0.543. The third-order valence-corrected chi connectivity index (χ3v) is 4.07. The molecule has 0 amide bonds. The molecule has 0 aliphatic carbocycles. The van der Waals surface area contributed by atoms with Gasteiger partial charge in [-0.15, -0.1) is 0 Å². The van der Waals surface area contributed by atoms with Crippen LogP contribution in [0.15, 0.2) is 6.07 Å². The monoisotopic (exact) mass is 277 g/mol. The molecule has 0 aliphatic rings. The zero-order valence-corrected chi connectivity index (χ0v) is 13.0. The van der Waals surface area contributed by atoms with Crippen molar-refractivity contribution in [1.82, 2.24) is 0 Å². The number of rotatable bonds is 8. The van der Waals surface area contributed by atoms with E-state index in [1.165, 1.54) is 32.1 Å². The Morgan fingerprint density at radius 1 is 1.10 bits per heavy atom. The normalized spacial score (nSPS) is 10.8. The second-order valence-electron chi connectivity index (χ2n) is 5.57. The highest BCUT2D eigenvalue weighted by atomic mass is 16.4. The SMILES string of the molecule is CCCCCCCCc1cc(C(=O)O)c(C)c(C)c1N. The fourth-order valence-corrected chi connectivity index (χ4v) is 2.53. The van der Waals surface area contributed by atoms with Crippen LogP contribution in [0.2, 0.25) is 0 Å². The Kier molecular flexibility index (Phi) is 6.56. The molecule has 0 aliphatic heterocycles. The minimum Gasteiger partial charge on any atom is -0.478 e. The molecule has 0 saturated carbocycles. The van der Waals surface area contributed by atoms with Crippen molar-refractivity contribution in [1.29, 1.82) is 0 Å². The average Bonchev–Trinajstić information content (AvgIpc) is 2.42. The summed E-state index contributed by atoms with van der Waals surface area (Å²) < 4.78 is 0. The first-order valence-electron chi connectivity index (χ1n) is 7.60. The van der Waals surface area contributed by atoms with Gasteiger partial charge < -0.3 is 10.8 Å². The number of unbranched alkanes of at least 4 members (excludes halogenated alkanes) is 5. The van der Waals surface area contributed by atoms with E-state index in [2.05, 4.69) is 6.92 Å². The number of carbonyl (C=O) groups is 1. The first-order chi connectivity index (χ1) is 9.49. The summed E-state index contributed by atoms with van der Waals surface area (Å²) in [6.07, 6.45) is 8.24. The molecular formula is C17H27NO2. The van der Waals surface area contributed by atoms with Gasteiger partial charge in [-0.3, -0.25) is 0 Å². The van der Waals surface area contributed by atoms with Gasteiger partial charge in [-0.1, -0.05) is 39.0 Å². The lowest BCUT2D eigenvalue weighted by atomic mass is 9.94. The molecule has 0 spiro atoms. The molecule has 3 heteroatoms. The van der Waals surface area contributed by atoms with Crippen LogP contribution in [0.1, 0.15) is 72.5 Å². The number of anilines is 1. The van der Waals surface area contributed by atoms with E-state index in [4.69, 9.17) is 5.73 Å². The number of nitrogen functional groups attached to an aromatic ring is 1. The molecule has 1 rings (SSSR count). The van der Waals surface area contributed by atoms with Crippen molar-refractivity contribution < 1.29 is 9.90 Å². The van der Waals surface area contributed by atoms with Crippen molar-refractivity contribution in [3.63, 3.8) is 0 Å². The van der Waals surface area contributed by atoms with Crippen LogP contribution in [0.3, 0.4) is 0 Å². The number of hydrogen-bond acceptors (Lipinski definition) is 2. The van der Waals surface area contributed by atoms with Crippen molar-refractivity contribution in [3.8, 4) is 0 Å². The summed E-state index contributed by atoms with van der Waals surface area (Å²) in [5.74, 6) is -0.866. The molecule has 0 fully saturated rings. The van der Waals surface area contributed by atoms with Crippen LogP contribution in [0, 0.1) is 13.8 Å². The lowest BCUT2D eigenvalue weighted by Crippen LogP contribution is -2.07. The lowest BCUT2D eigenvalue weighted by Gasteiger charge is -2.14. The Balaban J connectivity index is 2.68. The molecule has 0 radical (unpaired) electrons. The molecule has 1 aromatic rings. The van der Waals surface area contributed by atoms with Gasteiger partial charge in [0.1, 0.15) is 0 Å². The van der Waals surface area contributed by atoms with E-state index in [9.17, 15) is 9.90 Å². The standard InChI is InChI=1S/C17H27NO2/c1-4-5-6-7-8-9-10-14-11-15(17(19)20)12(2)13(3)16(14)18/h11H,4-10,18H2,1-3H3,(H,19,20). The van der Waals surface area contributed by atoms with Gasteiger partial charge in [0.15, 0.2) is 0 Å². The molecule has 3 N–H and O–H groups in total. The average molecular weight is 277 g/mol. The Bertz CT molecular complexity index is 467. The number of carboxylic acid groups (broad SMARTS) is 1. The minimum atomic E-state index is -0.866. The maximum absolute atomic E-state index is 11.2. The molecule has 0 saturated heterocycles. The van der Waals surface area contributed by atoms with Crippen molar-refractivity contribution in [2.24, 2.45) is 0 Å². The fraction of sp³-hybridized carbons (Fsp3) is 0.588. The molecule has 1 aromatic carbocycles. The van der Waals surface area contributed by atoms with Crippen LogP contribution >= 0.6 is 0 Å². The first kappa shape index (κ1) is 16.5. The highest BCUT2D eigenvalue weighted by Gasteiger charge is 2.14. The fourth-order valence-electron chi connectivity index (χ4n) is 2.53. The highest BCUT2D eigenvalue weighted by molar-refractivity contribution is 5.91. The second-order valence-corrected chi connectivity index (χ2v) is 5.57. The molecule has 0 atom stereocenters. The molecule has 0 bridgehead atoms. The molecule has 0 aromatic heterocycles. The van der Waals surface area contributed by atoms with Gasteiger partial charge >= 0.3 is 5.97 Å². The van der Waals surface area contributed by atoms with Crippen LogP contribution in [0.25, 0.3) is 0 Å². The van der Waals surface area contributed by atoms with E-state index in [0.29, 0.717) is 5.56 Å². The predicted molar refractivity (Wildman–Crippen MR) is 84.4 cm³/mol. The largest absolute Gasteiger partial charge is 0.478 e. The van der Waals surface area contributed by atoms with Gasteiger partial charge in [-0.25, -0.2) is 4.79 Å². The summed E-state index contributed by atoms with van der Waals surface area (Å²) in [6, 6.07) is 1.76. The van der Waals surface area contributed by atoms with Crippen LogP contribution < -0.4 is 5.73 Å². The maximum atomic E-state index is 11.2. The van der Waals surface area contributed by atoms with E-state index in [0.717, 1.165) is 35.2 Å². The second kappa shape index (κ2) is 7.93. The van der Waals surface area contributed by atoms with Crippen molar-refractivity contribution >= 4 is 11.7 Å². The number of nitrogens with two attached hydrogens (primary N) is 1. The van der Waals surface area contributed by atoms with Gasteiger partial charge in [0, 0.05) is 5.69 Å². The smallest absolute Gasteiger partial charge is 0.335 e. The summed E-state index contributed by atoms with van der Waals surface area (Å²) in [4.78, 5) is 11.2. The van der Waals surface area contributed by atoms with E-state index in [-0.39, 0.29) is 0 Å². The molecule has 0 unspecified atom stereocenters. The zero-order valence-electron chi connectivity index (χ0n) is 13.0. The molecular weight excluding hydrogens is 250 g/mol. The van der Waals surface area contributed by atoms with Crippen molar-refractivity contribution in [2.75, 3.05) is 5.73 Å². The number of carboxylic acids is 1. The van der Waals surface area contributed by atoms with Gasteiger partial charge in [0.2, 0.25) is 0 Å². The van der Waals surface area contributed by atoms with E-state index < -0.39 is 5.97 Å². The summed E-state index contributed by atoms with van der Waals surface area (Å²) in [7, 11) is 0. The Morgan fingerprint density at radius 2 is 1.70 bits per heavy atom. The van der Waals surface area contributed by atoms with Gasteiger partial charge in [0.05, 0.1) is 5.56 Å². The third kappa shape index (κ3) is 4.26. The van der Waals surface area contributed by atoms with E-state index in [1.54, 1.807) is 6.07 Å². The minimum absolute atomic E-state index is 0.387. The Morgan fingerprint density at radius 3 is 2.30 bits per heavy atom. The topological polar surface area (TPSA) is 63.3 Å². The van der Waals surface area contributed by atoms with Crippen molar-refractivity contribution in [3.05, 3.63) is 28.3 Å².